The van der Waals surface area contributed by atoms with Crippen molar-refractivity contribution in [1.29, 1.82) is 0 Å². The molecule has 0 radical (unpaired) electrons. The molecule has 0 aliphatic carbocycles. The lowest BCUT2D eigenvalue weighted by atomic mass is 10.2. The summed E-state index contributed by atoms with van der Waals surface area (Å²) in [5, 5.41) is 5.96. The van der Waals surface area contributed by atoms with Crippen LogP contribution in [0.25, 0.3) is 0 Å². The van der Waals surface area contributed by atoms with E-state index in [4.69, 9.17) is 11.6 Å². The van der Waals surface area contributed by atoms with E-state index < -0.39 is 0 Å². The first kappa shape index (κ1) is 15.1. The van der Waals surface area contributed by atoms with Gasteiger partial charge in [-0.1, -0.05) is 29.8 Å². The lowest BCUT2D eigenvalue weighted by molar-refractivity contribution is -0.123. The smallest absolute Gasteiger partial charge is 0.233 e. The van der Waals surface area contributed by atoms with Crippen LogP contribution in [-0.4, -0.2) is 11.8 Å². The SMILES string of the molecule is Cc1cc(Cl)ccc1NC(=O)CC(=O)Nc1ccccc1. The Hall–Kier alpha value is -2.33. The van der Waals surface area contributed by atoms with E-state index in [2.05, 4.69) is 10.6 Å². The normalized spacial score (nSPS) is 10.0. The van der Waals surface area contributed by atoms with Gasteiger partial charge in [0.25, 0.3) is 0 Å². The fourth-order valence-electron chi connectivity index (χ4n) is 1.83. The Labute approximate surface area is 128 Å². The molecule has 2 N–H and O–H groups in total. The molecule has 0 saturated carbocycles. The van der Waals surface area contributed by atoms with Crippen LogP contribution < -0.4 is 10.6 Å². The van der Waals surface area contributed by atoms with Crippen LogP contribution >= 0.6 is 11.6 Å². The molecule has 4 nitrogen and oxygen atoms in total. The van der Waals surface area contributed by atoms with Crippen molar-refractivity contribution in [2.24, 2.45) is 0 Å². The van der Waals surface area contributed by atoms with Gasteiger partial charge in [-0.05, 0) is 42.8 Å². The molecule has 2 amide bonds. The maximum absolute atomic E-state index is 11.8. The number of aryl methyl sites for hydroxylation is 1. The molecular weight excluding hydrogens is 288 g/mol. The molecule has 0 aromatic heterocycles. The highest BCUT2D eigenvalue weighted by molar-refractivity contribution is 6.30. The van der Waals surface area contributed by atoms with Crippen LogP contribution in [0.5, 0.6) is 0 Å². The number of amides is 2. The molecule has 0 unspecified atom stereocenters. The second-order valence-corrected chi connectivity index (χ2v) is 5.03. The van der Waals surface area contributed by atoms with E-state index in [1.54, 1.807) is 30.3 Å². The molecule has 2 aromatic carbocycles. The first-order valence-corrected chi connectivity index (χ1v) is 6.83. The molecule has 2 rings (SSSR count). The number of halogens is 1. The van der Waals surface area contributed by atoms with Crippen molar-refractivity contribution in [3.8, 4) is 0 Å². The van der Waals surface area contributed by atoms with Crippen molar-refractivity contribution in [3.05, 3.63) is 59.1 Å². The zero-order valence-corrected chi connectivity index (χ0v) is 12.3. The summed E-state index contributed by atoms with van der Waals surface area (Å²) in [4.78, 5) is 23.6. The molecule has 0 heterocycles. The minimum atomic E-state index is -0.367. The Morgan fingerprint density at radius 1 is 1.00 bits per heavy atom. The summed E-state index contributed by atoms with van der Waals surface area (Å²) in [5.41, 5.74) is 2.16. The van der Waals surface area contributed by atoms with Gasteiger partial charge in [-0.3, -0.25) is 9.59 Å². The number of para-hydroxylation sites is 1. The molecule has 0 fully saturated rings. The third kappa shape index (κ3) is 4.61. The van der Waals surface area contributed by atoms with Gasteiger partial charge in [0.1, 0.15) is 6.42 Å². The Morgan fingerprint density at radius 2 is 1.67 bits per heavy atom. The predicted molar refractivity (Wildman–Crippen MR) is 84.5 cm³/mol. The average Bonchev–Trinajstić information content (AvgIpc) is 2.43. The summed E-state index contributed by atoms with van der Waals surface area (Å²) in [6.45, 7) is 1.84. The summed E-state index contributed by atoms with van der Waals surface area (Å²) < 4.78 is 0. The van der Waals surface area contributed by atoms with Crippen LogP contribution in [0.4, 0.5) is 11.4 Å². The van der Waals surface area contributed by atoms with Gasteiger partial charge in [-0.2, -0.15) is 0 Å². The topological polar surface area (TPSA) is 58.2 Å². The minimum Gasteiger partial charge on any atom is -0.326 e. The fourth-order valence-corrected chi connectivity index (χ4v) is 2.06. The van der Waals surface area contributed by atoms with Gasteiger partial charge in [0.05, 0.1) is 0 Å². The molecule has 0 aliphatic rings. The van der Waals surface area contributed by atoms with E-state index in [1.807, 2.05) is 25.1 Å². The van der Waals surface area contributed by atoms with Crippen molar-refractivity contribution in [1.82, 2.24) is 0 Å². The van der Waals surface area contributed by atoms with Crippen LogP contribution in [-0.2, 0) is 9.59 Å². The maximum atomic E-state index is 11.8. The highest BCUT2D eigenvalue weighted by atomic mass is 35.5. The summed E-state index contributed by atoms with van der Waals surface area (Å²) in [6.07, 6.45) is -0.239. The molecule has 0 saturated heterocycles. The van der Waals surface area contributed by atoms with Crippen molar-refractivity contribution in [2.75, 3.05) is 10.6 Å². The Kier molecular flexibility index (Phi) is 4.95. The first-order chi connectivity index (χ1) is 10.0. The summed E-state index contributed by atoms with van der Waals surface area (Å²) in [6, 6.07) is 14.2. The zero-order chi connectivity index (χ0) is 15.2. The van der Waals surface area contributed by atoms with Gasteiger partial charge in [0, 0.05) is 16.4 Å². The Bertz CT molecular complexity index is 657. The average molecular weight is 303 g/mol. The molecular formula is C16H15ClN2O2. The van der Waals surface area contributed by atoms with Crippen LogP contribution in [0.1, 0.15) is 12.0 Å². The number of anilines is 2. The van der Waals surface area contributed by atoms with Crippen molar-refractivity contribution < 1.29 is 9.59 Å². The highest BCUT2D eigenvalue weighted by Gasteiger charge is 2.11. The van der Waals surface area contributed by atoms with E-state index in [-0.39, 0.29) is 18.2 Å². The van der Waals surface area contributed by atoms with E-state index in [0.717, 1.165) is 5.56 Å². The molecule has 0 bridgehead atoms. The standard InChI is InChI=1S/C16H15ClN2O2/c1-11-9-12(17)7-8-14(11)19-16(21)10-15(20)18-13-5-3-2-4-6-13/h2-9H,10H2,1H3,(H,18,20)(H,19,21). The van der Waals surface area contributed by atoms with Crippen LogP contribution in [0.15, 0.2) is 48.5 Å². The summed E-state index contributed by atoms with van der Waals surface area (Å²) in [5.74, 6) is -0.723. The molecule has 5 heteroatoms. The molecule has 0 aliphatic heterocycles. The lowest BCUT2D eigenvalue weighted by Crippen LogP contribution is -2.21. The van der Waals surface area contributed by atoms with E-state index >= 15 is 0 Å². The summed E-state index contributed by atoms with van der Waals surface area (Å²) in [7, 11) is 0. The molecule has 0 spiro atoms. The van der Waals surface area contributed by atoms with Gasteiger partial charge < -0.3 is 10.6 Å². The quantitative estimate of drug-likeness (QED) is 0.848. The van der Waals surface area contributed by atoms with Gasteiger partial charge >= 0.3 is 0 Å². The second kappa shape index (κ2) is 6.90. The molecule has 21 heavy (non-hydrogen) atoms. The third-order valence-electron chi connectivity index (χ3n) is 2.84. The largest absolute Gasteiger partial charge is 0.326 e. The third-order valence-corrected chi connectivity index (χ3v) is 3.08. The Balaban J connectivity index is 1.91. The minimum absolute atomic E-state index is 0.239. The number of carbonyl (C=O) groups is 2. The van der Waals surface area contributed by atoms with E-state index in [9.17, 15) is 9.59 Å². The molecule has 108 valence electrons. The van der Waals surface area contributed by atoms with Crippen molar-refractivity contribution in [3.63, 3.8) is 0 Å². The van der Waals surface area contributed by atoms with Gasteiger partial charge in [-0.15, -0.1) is 0 Å². The number of carbonyl (C=O) groups excluding carboxylic acids is 2. The van der Waals surface area contributed by atoms with Crippen LogP contribution in [0.2, 0.25) is 5.02 Å². The lowest BCUT2D eigenvalue weighted by Gasteiger charge is -2.09. The number of nitrogens with one attached hydrogen (secondary N) is 2. The molecule has 0 atom stereocenters. The monoisotopic (exact) mass is 302 g/mol. The predicted octanol–water partition coefficient (Wildman–Crippen LogP) is 3.62. The Morgan fingerprint density at radius 3 is 2.33 bits per heavy atom. The zero-order valence-electron chi connectivity index (χ0n) is 11.5. The van der Waals surface area contributed by atoms with Gasteiger partial charge in [0.15, 0.2) is 0 Å². The van der Waals surface area contributed by atoms with Gasteiger partial charge in [0.2, 0.25) is 11.8 Å². The number of benzene rings is 2. The fraction of sp³-hybridized carbons (Fsp3) is 0.125. The summed E-state index contributed by atoms with van der Waals surface area (Å²) >= 11 is 5.85. The van der Waals surface area contributed by atoms with Crippen molar-refractivity contribution >= 4 is 34.8 Å². The van der Waals surface area contributed by atoms with E-state index in [0.29, 0.717) is 16.4 Å². The number of hydrogen-bond donors (Lipinski definition) is 2. The van der Waals surface area contributed by atoms with Crippen LogP contribution in [0, 0.1) is 6.92 Å². The second-order valence-electron chi connectivity index (χ2n) is 4.60. The highest BCUT2D eigenvalue weighted by Crippen LogP contribution is 2.19. The number of rotatable bonds is 4. The van der Waals surface area contributed by atoms with Crippen molar-refractivity contribution in [2.45, 2.75) is 13.3 Å². The maximum Gasteiger partial charge on any atom is 0.233 e. The number of hydrogen-bond acceptors (Lipinski definition) is 2. The first-order valence-electron chi connectivity index (χ1n) is 6.45. The molecule has 2 aromatic rings. The van der Waals surface area contributed by atoms with Crippen LogP contribution in [0.3, 0.4) is 0 Å². The van der Waals surface area contributed by atoms with Gasteiger partial charge in [-0.25, -0.2) is 0 Å². The van der Waals surface area contributed by atoms with E-state index in [1.165, 1.54) is 0 Å².